The molecular formula is C25H17N5O3. The molecule has 8 heteroatoms. The molecule has 1 amide bonds. The molecule has 5 aromatic rings. The second-order valence-electron chi connectivity index (χ2n) is 7.64. The molecule has 1 N–H and O–H groups in total. The molecule has 0 spiro atoms. The molecule has 6 rings (SSSR count). The predicted molar refractivity (Wildman–Crippen MR) is 122 cm³/mol. The zero-order valence-corrected chi connectivity index (χ0v) is 17.3. The lowest BCUT2D eigenvalue weighted by molar-refractivity contribution is -0.117. The zero-order valence-electron chi connectivity index (χ0n) is 17.3. The van der Waals surface area contributed by atoms with Crippen LogP contribution in [-0.4, -0.2) is 25.3 Å². The van der Waals surface area contributed by atoms with Gasteiger partial charge < -0.3 is 4.74 Å². The number of nitrogens with one attached hydrogen (secondary N) is 1. The summed E-state index contributed by atoms with van der Waals surface area (Å²) >= 11 is 0. The molecule has 0 fully saturated rings. The number of para-hydroxylation sites is 3. The van der Waals surface area contributed by atoms with Crippen molar-refractivity contribution in [2.45, 2.75) is 5.92 Å². The molecule has 33 heavy (non-hydrogen) atoms. The normalized spacial score (nSPS) is 12.6. The molecule has 0 radical (unpaired) electrons. The molecule has 0 unspecified atom stereocenters. The van der Waals surface area contributed by atoms with E-state index >= 15 is 0 Å². The number of hydrogen-bond acceptors (Lipinski definition) is 5. The number of nitrogens with zero attached hydrogens (tertiary/aromatic N) is 4. The minimum absolute atomic E-state index is 0.300. The molecular weight excluding hydrogens is 418 g/mol. The molecule has 3 heterocycles. The highest BCUT2D eigenvalue weighted by atomic mass is 16.5. The Bertz CT molecular complexity index is 1530. The van der Waals surface area contributed by atoms with Gasteiger partial charge in [0.2, 0.25) is 0 Å². The highest BCUT2D eigenvalue weighted by molar-refractivity contribution is 5.95. The van der Waals surface area contributed by atoms with E-state index in [0.717, 1.165) is 21.5 Å². The van der Waals surface area contributed by atoms with Crippen molar-refractivity contribution >= 4 is 16.9 Å². The van der Waals surface area contributed by atoms with Crippen LogP contribution in [0.15, 0.2) is 96.2 Å². The third kappa shape index (κ3) is 3.08. The maximum Gasteiger partial charge on any atom is 0.283 e. The lowest BCUT2D eigenvalue weighted by Gasteiger charge is -2.27. The van der Waals surface area contributed by atoms with E-state index in [4.69, 9.17) is 4.74 Å². The fraction of sp³-hybridized carbons (Fsp3) is 0.0400. The summed E-state index contributed by atoms with van der Waals surface area (Å²) in [7, 11) is 0. The average molecular weight is 435 g/mol. The first-order chi connectivity index (χ1) is 16.2. The molecule has 1 aliphatic rings. The van der Waals surface area contributed by atoms with Gasteiger partial charge in [0.25, 0.3) is 11.5 Å². The summed E-state index contributed by atoms with van der Waals surface area (Å²) in [5, 5.41) is 4.61. The molecule has 0 aliphatic carbocycles. The van der Waals surface area contributed by atoms with Gasteiger partial charge in [0.1, 0.15) is 23.2 Å². The number of amides is 1. The maximum atomic E-state index is 13.4. The number of carbonyl (C=O) groups is 1. The quantitative estimate of drug-likeness (QED) is 0.468. The molecule has 160 valence electrons. The summed E-state index contributed by atoms with van der Waals surface area (Å²) < 4.78 is 8.65. The van der Waals surface area contributed by atoms with Crippen LogP contribution in [0.3, 0.4) is 0 Å². The van der Waals surface area contributed by atoms with Crippen molar-refractivity contribution in [3.63, 3.8) is 0 Å². The maximum absolute atomic E-state index is 13.4. The van der Waals surface area contributed by atoms with Gasteiger partial charge >= 0.3 is 0 Å². The predicted octanol–water partition coefficient (Wildman–Crippen LogP) is 3.59. The summed E-state index contributed by atoms with van der Waals surface area (Å²) in [6.07, 6.45) is 2.76. The molecule has 2 aromatic heterocycles. The van der Waals surface area contributed by atoms with Gasteiger partial charge in [-0.2, -0.15) is 5.10 Å². The van der Waals surface area contributed by atoms with Crippen molar-refractivity contribution in [1.29, 1.82) is 0 Å². The summed E-state index contributed by atoms with van der Waals surface area (Å²) in [6, 6.07) is 24.2. The van der Waals surface area contributed by atoms with Crippen LogP contribution in [-0.2, 0) is 4.79 Å². The molecule has 3 aromatic carbocycles. The van der Waals surface area contributed by atoms with E-state index in [-0.39, 0.29) is 5.91 Å². The van der Waals surface area contributed by atoms with Gasteiger partial charge in [-0.3, -0.25) is 15.0 Å². The zero-order chi connectivity index (χ0) is 22.4. The van der Waals surface area contributed by atoms with Gasteiger partial charge in [-0.05, 0) is 24.3 Å². The van der Waals surface area contributed by atoms with Crippen LogP contribution < -0.4 is 15.7 Å². The summed E-state index contributed by atoms with van der Waals surface area (Å²) in [5.74, 6) is 0.223. The Morgan fingerprint density at radius 2 is 1.52 bits per heavy atom. The third-order valence-electron chi connectivity index (χ3n) is 5.66. The summed E-state index contributed by atoms with van der Waals surface area (Å²) in [6.45, 7) is 0. The monoisotopic (exact) mass is 435 g/mol. The Labute approximate surface area is 187 Å². The van der Waals surface area contributed by atoms with Gasteiger partial charge in [-0.25, -0.2) is 14.3 Å². The number of aromatic nitrogens is 4. The van der Waals surface area contributed by atoms with Gasteiger partial charge in [-0.1, -0.05) is 54.6 Å². The van der Waals surface area contributed by atoms with E-state index < -0.39 is 11.5 Å². The fourth-order valence-corrected chi connectivity index (χ4v) is 4.13. The van der Waals surface area contributed by atoms with E-state index in [9.17, 15) is 9.59 Å². The smallest absolute Gasteiger partial charge is 0.283 e. The van der Waals surface area contributed by atoms with E-state index in [1.54, 1.807) is 4.68 Å². The Hall–Kier alpha value is -4.72. The van der Waals surface area contributed by atoms with Crippen LogP contribution in [0.4, 0.5) is 0 Å². The molecule has 0 saturated carbocycles. The highest BCUT2D eigenvalue weighted by Gasteiger charge is 2.32. The first-order valence-electron chi connectivity index (χ1n) is 10.4. The Morgan fingerprint density at radius 3 is 2.21 bits per heavy atom. The molecule has 8 nitrogen and oxygen atoms in total. The minimum atomic E-state index is -0.638. The molecule has 0 bridgehead atoms. The van der Waals surface area contributed by atoms with Gasteiger partial charge in [-0.15, -0.1) is 0 Å². The number of fused-ring (bicyclic) bond motifs is 3. The number of carbonyl (C=O) groups excluding carboxylic acids is 1. The molecule has 0 atom stereocenters. The van der Waals surface area contributed by atoms with Gasteiger partial charge in [0.15, 0.2) is 5.65 Å². The highest BCUT2D eigenvalue weighted by Crippen LogP contribution is 2.43. The third-order valence-corrected chi connectivity index (χ3v) is 5.66. The van der Waals surface area contributed by atoms with Crippen LogP contribution in [0.1, 0.15) is 17.0 Å². The Morgan fingerprint density at radius 1 is 0.879 bits per heavy atom. The fourth-order valence-electron chi connectivity index (χ4n) is 4.13. The Kier molecular flexibility index (Phi) is 4.29. The van der Waals surface area contributed by atoms with Gasteiger partial charge in [0.05, 0.1) is 17.8 Å². The van der Waals surface area contributed by atoms with Crippen molar-refractivity contribution in [2.75, 3.05) is 5.43 Å². The summed E-state index contributed by atoms with van der Waals surface area (Å²) in [5.41, 5.74) is 4.96. The van der Waals surface area contributed by atoms with E-state index in [1.165, 1.54) is 12.5 Å². The SMILES string of the molecule is O=C(Nn1cnc2c(cnn2-c2ccccc2)c1=O)C1c2ccccc2Oc2ccccc21. The first-order valence-corrected chi connectivity index (χ1v) is 10.4. The van der Waals surface area contributed by atoms with Crippen LogP contribution in [0.2, 0.25) is 0 Å². The molecule has 0 saturated heterocycles. The Balaban J connectivity index is 1.39. The van der Waals surface area contributed by atoms with Crippen LogP contribution in [0, 0.1) is 0 Å². The van der Waals surface area contributed by atoms with Crippen molar-refractivity contribution in [3.8, 4) is 17.2 Å². The number of ether oxygens (including phenoxy) is 1. The molecule has 1 aliphatic heterocycles. The standard InChI is InChI=1S/C25H17N5O3/c31-24(22-17-10-4-6-12-20(17)33-21-13-7-5-11-18(21)22)28-29-15-26-23-19(25(29)32)14-27-30(23)16-8-2-1-3-9-16/h1-15,22H,(H,28,31). The lowest BCUT2D eigenvalue weighted by atomic mass is 9.87. The average Bonchev–Trinajstić information content (AvgIpc) is 3.29. The van der Waals surface area contributed by atoms with Crippen molar-refractivity contribution in [1.82, 2.24) is 19.4 Å². The van der Waals surface area contributed by atoms with E-state index in [0.29, 0.717) is 22.5 Å². The second kappa shape index (κ2) is 7.45. The lowest BCUT2D eigenvalue weighted by Crippen LogP contribution is -2.36. The van der Waals surface area contributed by atoms with Gasteiger partial charge in [0, 0.05) is 11.1 Å². The number of rotatable bonds is 3. The minimum Gasteiger partial charge on any atom is -0.457 e. The summed E-state index contributed by atoms with van der Waals surface area (Å²) in [4.78, 5) is 30.9. The second-order valence-corrected chi connectivity index (χ2v) is 7.64. The number of hydrogen-bond donors (Lipinski definition) is 1. The van der Waals surface area contributed by atoms with Crippen LogP contribution >= 0.6 is 0 Å². The van der Waals surface area contributed by atoms with Crippen LogP contribution in [0.5, 0.6) is 11.5 Å². The van der Waals surface area contributed by atoms with E-state index in [1.807, 2.05) is 78.9 Å². The van der Waals surface area contributed by atoms with Crippen molar-refractivity contribution in [2.24, 2.45) is 0 Å². The largest absolute Gasteiger partial charge is 0.457 e. The van der Waals surface area contributed by atoms with Crippen LogP contribution in [0.25, 0.3) is 16.7 Å². The topological polar surface area (TPSA) is 91.0 Å². The number of benzene rings is 3. The van der Waals surface area contributed by atoms with E-state index in [2.05, 4.69) is 15.5 Å². The van der Waals surface area contributed by atoms with Crippen molar-refractivity contribution in [3.05, 3.63) is 113 Å². The first kappa shape index (κ1) is 19.0. The van der Waals surface area contributed by atoms with Crippen molar-refractivity contribution < 1.29 is 9.53 Å².